The number of carbonyl (C=O) groups excluding carboxylic acids is 2. The highest BCUT2D eigenvalue weighted by Gasteiger charge is 2.27. The van der Waals surface area contributed by atoms with Gasteiger partial charge < -0.3 is 15.0 Å². The molecule has 0 heterocycles. The van der Waals surface area contributed by atoms with Crippen LogP contribution in [0.25, 0.3) is 0 Å². The van der Waals surface area contributed by atoms with E-state index in [4.69, 9.17) is 27.9 Å². The van der Waals surface area contributed by atoms with Crippen LogP contribution >= 0.6 is 23.2 Å². The molecule has 29 heavy (non-hydrogen) atoms. The molecule has 0 radical (unpaired) electrons. The molecule has 0 aliphatic heterocycles. The Morgan fingerprint density at radius 3 is 2.38 bits per heavy atom. The molecule has 0 unspecified atom stereocenters. The van der Waals surface area contributed by atoms with E-state index in [9.17, 15) is 9.59 Å². The third kappa shape index (κ3) is 6.94. The molecule has 2 aromatic carbocycles. The topological polar surface area (TPSA) is 58.6 Å². The monoisotopic (exact) mass is 436 g/mol. The maximum atomic E-state index is 12.9. The molecule has 1 N–H and O–H groups in total. The maximum Gasteiger partial charge on any atom is 0.261 e. The molecule has 0 aromatic heterocycles. The fraction of sp³-hybridized carbons (Fsp3) is 0.364. The maximum absolute atomic E-state index is 12.9. The summed E-state index contributed by atoms with van der Waals surface area (Å²) in [5, 5.41) is 3.75. The molecule has 2 rings (SSSR count). The molecule has 5 nitrogen and oxygen atoms in total. The van der Waals surface area contributed by atoms with Gasteiger partial charge >= 0.3 is 0 Å². The van der Waals surface area contributed by atoms with Crippen LogP contribution in [0.15, 0.2) is 48.5 Å². The fourth-order valence-electron chi connectivity index (χ4n) is 2.63. The van der Waals surface area contributed by atoms with E-state index in [2.05, 4.69) is 5.32 Å². The van der Waals surface area contributed by atoms with Gasteiger partial charge in [-0.3, -0.25) is 9.59 Å². The minimum atomic E-state index is -0.676. The standard InChI is InChI=1S/C22H26Cl2N2O3/c1-4-15(2)25-22(28)16(3)26(13-17-10-11-19(23)20(24)12-17)21(27)14-29-18-8-6-5-7-9-18/h5-12,15-16H,4,13-14H2,1-3H3,(H,25,28)/t15-,16+/m0/s1. The van der Waals surface area contributed by atoms with Crippen molar-refractivity contribution in [3.8, 4) is 5.75 Å². The molecule has 2 amide bonds. The summed E-state index contributed by atoms with van der Waals surface area (Å²) in [6.45, 7) is 5.65. The quantitative estimate of drug-likeness (QED) is 0.619. The summed E-state index contributed by atoms with van der Waals surface area (Å²) in [4.78, 5) is 27.1. The zero-order valence-electron chi connectivity index (χ0n) is 16.8. The Hall–Kier alpha value is -2.24. The number of amides is 2. The summed E-state index contributed by atoms with van der Waals surface area (Å²) in [7, 11) is 0. The van der Waals surface area contributed by atoms with Crippen molar-refractivity contribution >= 4 is 35.0 Å². The first kappa shape index (κ1) is 23.0. The summed E-state index contributed by atoms with van der Waals surface area (Å²) in [5.74, 6) is 0.0752. The second kappa shape index (κ2) is 11.1. The average Bonchev–Trinajstić information content (AvgIpc) is 2.72. The molecular formula is C22H26Cl2N2O3. The first-order chi connectivity index (χ1) is 13.8. The third-order valence-corrected chi connectivity index (χ3v) is 5.35. The Labute approximate surface area is 181 Å². The number of hydrogen-bond acceptors (Lipinski definition) is 3. The molecule has 0 spiro atoms. The zero-order valence-corrected chi connectivity index (χ0v) is 18.3. The lowest BCUT2D eigenvalue weighted by Crippen LogP contribution is -2.50. The normalized spacial score (nSPS) is 12.7. The number of ether oxygens (including phenoxy) is 1. The van der Waals surface area contributed by atoms with Crippen LogP contribution in [0.2, 0.25) is 10.0 Å². The number of hydrogen-bond donors (Lipinski definition) is 1. The molecule has 0 aliphatic rings. The van der Waals surface area contributed by atoms with E-state index in [-0.39, 0.29) is 31.0 Å². The van der Waals surface area contributed by atoms with Gasteiger partial charge in [0.1, 0.15) is 11.8 Å². The second-order valence-electron chi connectivity index (χ2n) is 6.87. The van der Waals surface area contributed by atoms with Crippen molar-refractivity contribution in [3.05, 3.63) is 64.1 Å². The molecule has 0 fully saturated rings. The average molecular weight is 437 g/mol. The molecule has 0 saturated carbocycles. The van der Waals surface area contributed by atoms with Gasteiger partial charge in [0.05, 0.1) is 10.0 Å². The molecular weight excluding hydrogens is 411 g/mol. The van der Waals surface area contributed by atoms with E-state index in [0.29, 0.717) is 15.8 Å². The number of rotatable bonds is 9. The third-order valence-electron chi connectivity index (χ3n) is 4.61. The molecule has 0 bridgehead atoms. The Bertz CT molecular complexity index is 830. The highest BCUT2D eigenvalue weighted by molar-refractivity contribution is 6.42. The van der Waals surface area contributed by atoms with Crippen LogP contribution in [0.5, 0.6) is 5.75 Å². The fourth-order valence-corrected chi connectivity index (χ4v) is 2.95. The number of nitrogens with one attached hydrogen (secondary N) is 1. The first-order valence-electron chi connectivity index (χ1n) is 9.53. The molecule has 7 heteroatoms. The van der Waals surface area contributed by atoms with E-state index in [0.717, 1.165) is 12.0 Å². The second-order valence-corrected chi connectivity index (χ2v) is 7.68. The van der Waals surface area contributed by atoms with Gasteiger partial charge in [0.15, 0.2) is 6.61 Å². The van der Waals surface area contributed by atoms with Crippen molar-refractivity contribution < 1.29 is 14.3 Å². The molecule has 2 aromatic rings. The van der Waals surface area contributed by atoms with Crippen LogP contribution in [0, 0.1) is 0 Å². The van der Waals surface area contributed by atoms with Crippen molar-refractivity contribution in [1.82, 2.24) is 10.2 Å². The molecule has 0 aliphatic carbocycles. The first-order valence-corrected chi connectivity index (χ1v) is 10.3. The lowest BCUT2D eigenvalue weighted by atomic mass is 10.1. The van der Waals surface area contributed by atoms with Crippen LogP contribution in [-0.4, -0.2) is 35.4 Å². The van der Waals surface area contributed by atoms with Gasteiger partial charge in [0.25, 0.3) is 5.91 Å². The van der Waals surface area contributed by atoms with E-state index in [1.807, 2.05) is 32.0 Å². The molecule has 0 saturated heterocycles. The molecule has 2 atom stereocenters. The lowest BCUT2D eigenvalue weighted by Gasteiger charge is -2.29. The Morgan fingerprint density at radius 1 is 1.07 bits per heavy atom. The number of halogens is 2. The zero-order chi connectivity index (χ0) is 21.4. The summed E-state index contributed by atoms with van der Waals surface area (Å²) < 4.78 is 5.59. The smallest absolute Gasteiger partial charge is 0.261 e. The number of para-hydroxylation sites is 1. The highest BCUT2D eigenvalue weighted by Crippen LogP contribution is 2.24. The van der Waals surface area contributed by atoms with Crippen molar-refractivity contribution in [2.24, 2.45) is 0 Å². The van der Waals surface area contributed by atoms with Gasteiger partial charge in [0, 0.05) is 12.6 Å². The van der Waals surface area contributed by atoms with E-state index < -0.39 is 6.04 Å². The Morgan fingerprint density at radius 2 is 1.76 bits per heavy atom. The lowest BCUT2D eigenvalue weighted by molar-refractivity contribution is -0.142. The minimum absolute atomic E-state index is 0.0208. The summed E-state index contributed by atoms with van der Waals surface area (Å²) in [6.07, 6.45) is 0.802. The summed E-state index contributed by atoms with van der Waals surface area (Å²) in [6, 6.07) is 13.6. The minimum Gasteiger partial charge on any atom is -0.484 e. The van der Waals surface area contributed by atoms with Crippen LogP contribution in [-0.2, 0) is 16.1 Å². The van der Waals surface area contributed by atoms with Gasteiger partial charge in [-0.2, -0.15) is 0 Å². The predicted molar refractivity (Wildman–Crippen MR) is 116 cm³/mol. The largest absolute Gasteiger partial charge is 0.484 e. The highest BCUT2D eigenvalue weighted by atomic mass is 35.5. The Kier molecular flexibility index (Phi) is 8.80. The van der Waals surface area contributed by atoms with Crippen molar-refractivity contribution in [3.63, 3.8) is 0 Å². The Balaban J connectivity index is 2.17. The van der Waals surface area contributed by atoms with E-state index >= 15 is 0 Å². The van der Waals surface area contributed by atoms with Crippen molar-refractivity contribution in [1.29, 1.82) is 0 Å². The molecule has 156 valence electrons. The van der Waals surface area contributed by atoms with Gasteiger partial charge in [0.2, 0.25) is 5.91 Å². The van der Waals surface area contributed by atoms with Crippen LogP contribution in [0.3, 0.4) is 0 Å². The van der Waals surface area contributed by atoms with Gasteiger partial charge in [-0.15, -0.1) is 0 Å². The van der Waals surface area contributed by atoms with E-state index in [1.165, 1.54) is 4.90 Å². The SMILES string of the molecule is CC[C@H](C)NC(=O)[C@@H](C)N(Cc1ccc(Cl)c(Cl)c1)C(=O)COc1ccccc1. The van der Waals surface area contributed by atoms with Crippen LogP contribution in [0.4, 0.5) is 0 Å². The number of nitrogens with zero attached hydrogens (tertiary/aromatic N) is 1. The summed E-state index contributed by atoms with van der Waals surface area (Å²) >= 11 is 12.1. The van der Waals surface area contributed by atoms with Crippen molar-refractivity contribution in [2.75, 3.05) is 6.61 Å². The summed E-state index contributed by atoms with van der Waals surface area (Å²) in [5.41, 5.74) is 0.774. The van der Waals surface area contributed by atoms with Gasteiger partial charge in [-0.1, -0.05) is 54.4 Å². The van der Waals surface area contributed by atoms with Gasteiger partial charge in [-0.25, -0.2) is 0 Å². The van der Waals surface area contributed by atoms with Crippen LogP contribution < -0.4 is 10.1 Å². The van der Waals surface area contributed by atoms with Gasteiger partial charge in [-0.05, 0) is 50.1 Å². The van der Waals surface area contributed by atoms with Crippen molar-refractivity contribution in [2.45, 2.75) is 45.8 Å². The number of benzene rings is 2. The van der Waals surface area contributed by atoms with E-state index in [1.54, 1.807) is 37.3 Å². The number of carbonyl (C=O) groups is 2. The van der Waals surface area contributed by atoms with Crippen LogP contribution in [0.1, 0.15) is 32.8 Å². The predicted octanol–water partition coefficient (Wildman–Crippen LogP) is 4.70.